The molecule has 0 bridgehead atoms. The van der Waals surface area contributed by atoms with Crippen LogP contribution in [0.4, 0.5) is 0 Å². The Morgan fingerprint density at radius 2 is 1.85 bits per heavy atom. The van der Waals surface area contributed by atoms with E-state index in [1.807, 2.05) is 18.2 Å². The molecule has 1 aliphatic carbocycles. The number of carbonyl (C=O) groups is 2. The molecule has 2 aliphatic rings. The Morgan fingerprint density at radius 3 is 2.58 bits per heavy atom. The second-order valence-electron chi connectivity index (χ2n) is 7.05. The lowest BCUT2D eigenvalue weighted by atomic mass is 9.98. The average Bonchev–Trinajstić information content (AvgIpc) is 3.02. The highest BCUT2D eigenvalue weighted by Crippen LogP contribution is 2.27. The van der Waals surface area contributed by atoms with Crippen molar-refractivity contribution in [1.82, 2.24) is 10.6 Å². The number of ether oxygens (including phenoxy) is 1. The van der Waals surface area contributed by atoms with Crippen LogP contribution in [0.2, 0.25) is 5.02 Å². The van der Waals surface area contributed by atoms with Gasteiger partial charge in [-0.2, -0.15) is 0 Å². The van der Waals surface area contributed by atoms with Crippen LogP contribution in [0.25, 0.3) is 0 Å². The lowest BCUT2D eigenvalue weighted by molar-refractivity contribution is -0.129. The van der Waals surface area contributed by atoms with Gasteiger partial charge in [-0.1, -0.05) is 29.8 Å². The number of hydrogen-bond donors (Lipinski definition) is 3. The van der Waals surface area contributed by atoms with Gasteiger partial charge in [0.25, 0.3) is 0 Å². The first-order valence-electron chi connectivity index (χ1n) is 9.12. The van der Waals surface area contributed by atoms with Crippen molar-refractivity contribution in [3.05, 3.63) is 34.9 Å². The van der Waals surface area contributed by atoms with Crippen molar-refractivity contribution in [3.8, 4) is 0 Å². The van der Waals surface area contributed by atoms with Gasteiger partial charge in [0.05, 0.1) is 12.1 Å². The van der Waals surface area contributed by atoms with Crippen LogP contribution in [0, 0.1) is 11.8 Å². The van der Waals surface area contributed by atoms with E-state index < -0.39 is 6.10 Å². The Hall–Kier alpha value is -1.63. The summed E-state index contributed by atoms with van der Waals surface area (Å²) in [6.45, 7) is 1.54. The molecule has 2 amide bonds. The van der Waals surface area contributed by atoms with Gasteiger partial charge in [0.2, 0.25) is 11.8 Å². The van der Waals surface area contributed by atoms with Crippen molar-refractivity contribution >= 4 is 23.4 Å². The Balaban J connectivity index is 1.48. The predicted molar refractivity (Wildman–Crippen MR) is 97.5 cm³/mol. The van der Waals surface area contributed by atoms with Gasteiger partial charge in [-0.3, -0.25) is 9.59 Å². The number of halogens is 1. The number of amides is 2. The maximum atomic E-state index is 12.4. The minimum atomic E-state index is -0.699. The van der Waals surface area contributed by atoms with Crippen LogP contribution < -0.4 is 10.6 Å². The van der Waals surface area contributed by atoms with Crippen molar-refractivity contribution in [2.24, 2.45) is 11.8 Å². The third kappa shape index (κ3) is 4.75. The highest BCUT2D eigenvalue weighted by atomic mass is 35.5. The average molecular weight is 381 g/mol. The standard InChI is InChI=1S/C19H25ClN2O4/c20-15-4-2-1-3-13(15)11-21-18(24)14-9-16(17(23)10-14)22-19(25)12-5-7-26-8-6-12/h1-4,12,14,16-17,23H,5-11H2,(H,21,24)(H,22,25)/t14-,16-,17-/m0/s1. The molecule has 0 spiro atoms. The molecule has 0 aromatic heterocycles. The lowest BCUT2D eigenvalue weighted by Crippen LogP contribution is -2.44. The van der Waals surface area contributed by atoms with E-state index in [1.54, 1.807) is 6.07 Å². The zero-order valence-electron chi connectivity index (χ0n) is 14.6. The number of benzene rings is 1. The molecule has 1 saturated carbocycles. The van der Waals surface area contributed by atoms with E-state index in [4.69, 9.17) is 16.3 Å². The molecule has 1 heterocycles. The summed E-state index contributed by atoms with van der Waals surface area (Å²) in [5.74, 6) is -0.544. The zero-order chi connectivity index (χ0) is 18.5. The maximum Gasteiger partial charge on any atom is 0.223 e. The van der Waals surface area contributed by atoms with Gasteiger partial charge in [0.15, 0.2) is 0 Å². The molecule has 2 fully saturated rings. The van der Waals surface area contributed by atoms with Gasteiger partial charge in [0, 0.05) is 36.6 Å². The predicted octanol–water partition coefficient (Wildman–Crippen LogP) is 1.64. The molecule has 3 rings (SSSR count). The SMILES string of the molecule is O=C(N[C@H]1C[C@H](C(=O)NCc2ccccc2Cl)C[C@@H]1O)C1CCOCC1. The van der Waals surface area contributed by atoms with Crippen molar-refractivity contribution in [3.63, 3.8) is 0 Å². The number of nitrogens with one attached hydrogen (secondary N) is 2. The van der Waals surface area contributed by atoms with E-state index in [0.717, 1.165) is 5.56 Å². The van der Waals surface area contributed by atoms with Gasteiger partial charge in [0.1, 0.15) is 0 Å². The van der Waals surface area contributed by atoms with Gasteiger partial charge >= 0.3 is 0 Å². The molecule has 0 radical (unpaired) electrons. The molecule has 1 aromatic rings. The monoisotopic (exact) mass is 380 g/mol. The van der Waals surface area contributed by atoms with Crippen molar-refractivity contribution < 1.29 is 19.4 Å². The Labute approximate surface area is 158 Å². The van der Waals surface area contributed by atoms with Crippen LogP contribution in [0.15, 0.2) is 24.3 Å². The van der Waals surface area contributed by atoms with Crippen molar-refractivity contribution in [2.45, 2.75) is 44.4 Å². The lowest BCUT2D eigenvalue weighted by Gasteiger charge is -2.24. The molecule has 0 unspecified atom stereocenters. The highest BCUT2D eigenvalue weighted by Gasteiger charge is 2.38. The topological polar surface area (TPSA) is 87.7 Å². The number of carbonyl (C=O) groups excluding carboxylic acids is 2. The Bertz CT molecular complexity index is 648. The molecular formula is C19H25ClN2O4. The summed E-state index contributed by atoms with van der Waals surface area (Å²) in [5, 5.41) is 16.7. The van der Waals surface area contributed by atoms with Crippen LogP contribution in [0.1, 0.15) is 31.2 Å². The fourth-order valence-electron chi connectivity index (χ4n) is 3.61. The first-order chi connectivity index (χ1) is 12.5. The smallest absolute Gasteiger partial charge is 0.223 e. The van der Waals surface area contributed by atoms with Crippen molar-refractivity contribution in [2.75, 3.05) is 13.2 Å². The highest BCUT2D eigenvalue weighted by molar-refractivity contribution is 6.31. The van der Waals surface area contributed by atoms with Crippen molar-refractivity contribution in [1.29, 1.82) is 0 Å². The van der Waals surface area contributed by atoms with Gasteiger partial charge < -0.3 is 20.5 Å². The molecule has 7 heteroatoms. The van der Waals surface area contributed by atoms with Crippen LogP contribution in [0.5, 0.6) is 0 Å². The maximum absolute atomic E-state index is 12.4. The van der Waals surface area contributed by atoms with Gasteiger partial charge in [-0.15, -0.1) is 0 Å². The number of aliphatic hydroxyl groups excluding tert-OH is 1. The molecule has 3 atom stereocenters. The van der Waals surface area contributed by atoms with E-state index in [2.05, 4.69) is 10.6 Å². The molecular weight excluding hydrogens is 356 g/mol. The Kier molecular flexibility index (Phi) is 6.51. The molecule has 26 heavy (non-hydrogen) atoms. The summed E-state index contributed by atoms with van der Waals surface area (Å²) in [6, 6.07) is 6.98. The summed E-state index contributed by atoms with van der Waals surface area (Å²) in [6.07, 6.45) is 1.51. The first-order valence-corrected chi connectivity index (χ1v) is 9.49. The number of hydrogen-bond acceptors (Lipinski definition) is 4. The second-order valence-corrected chi connectivity index (χ2v) is 7.45. The zero-order valence-corrected chi connectivity index (χ0v) is 15.4. The molecule has 1 aliphatic heterocycles. The fourth-order valence-corrected chi connectivity index (χ4v) is 3.82. The van der Waals surface area contributed by atoms with Crippen LogP contribution in [0.3, 0.4) is 0 Å². The summed E-state index contributed by atoms with van der Waals surface area (Å²) in [5.41, 5.74) is 0.852. The molecule has 6 nitrogen and oxygen atoms in total. The summed E-state index contributed by atoms with van der Waals surface area (Å²) in [4.78, 5) is 24.7. The Morgan fingerprint density at radius 1 is 1.12 bits per heavy atom. The minimum Gasteiger partial charge on any atom is -0.391 e. The second kappa shape index (κ2) is 8.84. The van der Waals surface area contributed by atoms with Crippen LogP contribution in [-0.2, 0) is 20.9 Å². The normalized spacial score (nSPS) is 26.5. The molecule has 1 saturated heterocycles. The van der Waals surface area contributed by atoms with E-state index in [-0.39, 0.29) is 29.7 Å². The molecule has 142 valence electrons. The molecule has 1 aromatic carbocycles. The largest absolute Gasteiger partial charge is 0.391 e. The third-order valence-electron chi connectivity index (χ3n) is 5.23. The summed E-state index contributed by atoms with van der Waals surface area (Å²) >= 11 is 6.10. The van der Waals surface area contributed by atoms with Crippen LogP contribution in [-0.4, -0.2) is 42.3 Å². The number of aliphatic hydroxyl groups is 1. The quantitative estimate of drug-likeness (QED) is 0.724. The van der Waals surface area contributed by atoms with Gasteiger partial charge in [-0.25, -0.2) is 0 Å². The molecule has 3 N–H and O–H groups in total. The van der Waals surface area contributed by atoms with E-state index >= 15 is 0 Å². The van der Waals surface area contributed by atoms with E-state index in [1.165, 1.54) is 0 Å². The van der Waals surface area contributed by atoms with Crippen LogP contribution >= 0.6 is 11.6 Å². The summed E-state index contributed by atoms with van der Waals surface area (Å²) in [7, 11) is 0. The first kappa shape index (κ1) is 19.1. The van der Waals surface area contributed by atoms with Gasteiger partial charge in [-0.05, 0) is 37.3 Å². The summed E-state index contributed by atoms with van der Waals surface area (Å²) < 4.78 is 5.27. The van der Waals surface area contributed by atoms with E-state index in [0.29, 0.717) is 50.5 Å². The van der Waals surface area contributed by atoms with E-state index in [9.17, 15) is 14.7 Å². The number of rotatable bonds is 5. The minimum absolute atomic E-state index is 0.0468. The third-order valence-corrected chi connectivity index (χ3v) is 5.60. The fraction of sp³-hybridized carbons (Fsp3) is 0.579.